The summed E-state index contributed by atoms with van der Waals surface area (Å²) in [5, 5.41) is 0. The zero-order valence-electron chi connectivity index (χ0n) is 14.9. The van der Waals surface area contributed by atoms with E-state index in [4.69, 9.17) is 18.9 Å². The summed E-state index contributed by atoms with van der Waals surface area (Å²) in [6.07, 6.45) is 4.73. The van der Waals surface area contributed by atoms with Crippen molar-refractivity contribution in [3.63, 3.8) is 0 Å². The second-order valence-corrected chi connectivity index (χ2v) is 7.91. The van der Waals surface area contributed by atoms with E-state index in [1.165, 1.54) is 12.8 Å². The van der Waals surface area contributed by atoms with Crippen molar-refractivity contribution >= 4 is 5.91 Å². The smallest absolute Gasteiger partial charge is 0.257 e. The van der Waals surface area contributed by atoms with Crippen LogP contribution in [0.25, 0.3) is 0 Å². The van der Waals surface area contributed by atoms with Gasteiger partial charge in [-0.15, -0.1) is 0 Å². The molecule has 4 aliphatic rings. The summed E-state index contributed by atoms with van der Waals surface area (Å²) in [4.78, 5) is 14.8. The van der Waals surface area contributed by atoms with E-state index >= 15 is 0 Å². The number of hydrogen-bond donors (Lipinski definition) is 0. The number of amides is 1. The van der Waals surface area contributed by atoms with Crippen LogP contribution in [0.4, 0.5) is 0 Å². The van der Waals surface area contributed by atoms with Gasteiger partial charge in [0.15, 0.2) is 11.5 Å². The predicted molar refractivity (Wildman–Crippen MR) is 93.7 cm³/mol. The average Bonchev–Trinajstić information content (AvgIpc) is 3.48. The lowest BCUT2D eigenvalue weighted by molar-refractivity contribution is -0.186. The number of ether oxygens (including phenoxy) is 4. The molecule has 0 aromatic heterocycles. The van der Waals surface area contributed by atoms with Crippen LogP contribution in [0.15, 0.2) is 18.2 Å². The maximum Gasteiger partial charge on any atom is 0.257 e. The molecule has 2 saturated heterocycles. The molecule has 26 heavy (non-hydrogen) atoms. The molecule has 5 rings (SSSR count). The number of carbonyl (C=O) groups is 1. The van der Waals surface area contributed by atoms with Crippen LogP contribution < -0.4 is 9.47 Å². The number of fused-ring (bicyclic) bond motifs is 1. The van der Waals surface area contributed by atoms with Crippen molar-refractivity contribution in [1.82, 2.24) is 4.90 Å². The molecule has 1 aromatic rings. The van der Waals surface area contributed by atoms with Crippen molar-refractivity contribution in [3.05, 3.63) is 23.8 Å². The lowest BCUT2D eigenvalue weighted by atomic mass is 9.84. The Morgan fingerprint density at radius 2 is 2.00 bits per heavy atom. The van der Waals surface area contributed by atoms with Crippen molar-refractivity contribution in [3.8, 4) is 11.5 Å². The van der Waals surface area contributed by atoms with Crippen molar-refractivity contribution in [2.45, 2.75) is 37.4 Å². The Bertz CT molecular complexity index is 695. The summed E-state index contributed by atoms with van der Waals surface area (Å²) in [5.41, 5.74) is 0.350. The highest BCUT2D eigenvalue weighted by molar-refractivity contribution is 5.98. The first-order valence-electron chi connectivity index (χ1n) is 9.66. The molecule has 3 fully saturated rings. The molecule has 1 aromatic carbocycles. The first kappa shape index (κ1) is 16.4. The molecule has 1 atom stereocenters. The summed E-state index contributed by atoms with van der Waals surface area (Å²) >= 11 is 0. The Morgan fingerprint density at radius 3 is 2.85 bits per heavy atom. The first-order valence-corrected chi connectivity index (χ1v) is 9.66. The van der Waals surface area contributed by atoms with E-state index in [9.17, 15) is 4.79 Å². The third-order valence-electron chi connectivity index (χ3n) is 5.75. The van der Waals surface area contributed by atoms with Crippen molar-refractivity contribution < 1.29 is 23.7 Å². The monoisotopic (exact) mass is 359 g/mol. The van der Waals surface area contributed by atoms with E-state index in [2.05, 4.69) is 0 Å². The molecule has 1 amide bonds. The second kappa shape index (κ2) is 6.43. The quantitative estimate of drug-likeness (QED) is 0.825. The van der Waals surface area contributed by atoms with Gasteiger partial charge in [-0.05, 0) is 37.3 Å². The molecule has 1 saturated carbocycles. The van der Waals surface area contributed by atoms with Gasteiger partial charge in [-0.25, -0.2) is 0 Å². The molecule has 140 valence electrons. The number of hydrogen-bond acceptors (Lipinski definition) is 5. The van der Waals surface area contributed by atoms with E-state index in [1.807, 2.05) is 23.1 Å². The fraction of sp³-hybridized carbons (Fsp3) is 0.650. The Kier molecular flexibility index (Phi) is 4.05. The highest BCUT2D eigenvalue weighted by Gasteiger charge is 2.50. The summed E-state index contributed by atoms with van der Waals surface area (Å²) in [7, 11) is 0. The fourth-order valence-corrected chi connectivity index (χ4v) is 4.11. The van der Waals surface area contributed by atoms with Gasteiger partial charge in [-0.3, -0.25) is 4.79 Å². The SMILES string of the molecule is O=C(c1cccc2c1OCCO2)N1CC2(C[C@H](OCC3CC3)CCO2)C1. The molecule has 1 spiro atoms. The van der Waals surface area contributed by atoms with Crippen LogP contribution in [0.3, 0.4) is 0 Å². The van der Waals surface area contributed by atoms with Crippen LogP contribution >= 0.6 is 0 Å². The topological polar surface area (TPSA) is 57.2 Å². The van der Waals surface area contributed by atoms with E-state index in [0.29, 0.717) is 43.4 Å². The Balaban J connectivity index is 1.22. The number of carbonyl (C=O) groups excluding carboxylic acids is 1. The highest BCUT2D eigenvalue weighted by atomic mass is 16.6. The Labute approximate surface area is 153 Å². The molecule has 0 radical (unpaired) electrons. The minimum Gasteiger partial charge on any atom is -0.486 e. The van der Waals surface area contributed by atoms with Gasteiger partial charge in [0.1, 0.15) is 18.8 Å². The van der Waals surface area contributed by atoms with Crippen LogP contribution in [-0.4, -0.2) is 62.0 Å². The van der Waals surface area contributed by atoms with Gasteiger partial charge in [0.25, 0.3) is 5.91 Å². The molecule has 0 unspecified atom stereocenters. The predicted octanol–water partition coefficient (Wildman–Crippen LogP) is 2.26. The van der Waals surface area contributed by atoms with Crippen LogP contribution in [0.5, 0.6) is 11.5 Å². The molecule has 1 aliphatic carbocycles. The first-order chi connectivity index (χ1) is 12.7. The maximum atomic E-state index is 12.9. The zero-order chi connectivity index (χ0) is 17.6. The van der Waals surface area contributed by atoms with Crippen LogP contribution in [-0.2, 0) is 9.47 Å². The highest BCUT2D eigenvalue weighted by Crippen LogP contribution is 2.40. The van der Waals surface area contributed by atoms with Crippen LogP contribution in [0, 0.1) is 5.92 Å². The molecule has 3 aliphatic heterocycles. The maximum absolute atomic E-state index is 12.9. The van der Waals surface area contributed by atoms with E-state index in [0.717, 1.165) is 32.0 Å². The van der Waals surface area contributed by atoms with Gasteiger partial charge in [0.05, 0.1) is 24.8 Å². The summed E-state index contributed by atoms with van der Waals surface area (Å²) < 4.78 is 23.4. The summed E-state index contributed by atoms with van der Waals surface area (Å²) in [6, 6.07) is 5.49. The van der Waals surface area contributed by atoms with Gasteiger partial charge in [-0.1, -0.05) is 6.07 Å². The molecular weight excluding hydrogens is 334 g/mol. The third kappa shape index (κ3) is 3.05. The van der Waals surface area contributed by atoms with Crippen LogP contribution in [0.2, 0.25) is 0 Å². The fourth-order valence-electron chi connectivity index (χ4n) is 4.11. The molecule has 0 N–H and O–H groups in total. The minimum atomic E-state index is -0.228. The third-order valence-corrected chi connectivity index (χ3v) is 5.75. The molecule has 0 bridgehead atoms. The molecule has 6 nitrogen and oxygen atoms in total. The number of nitrogens with zero attached hydrogens (tertiary/aromatic N) is 1. The number of benzene rings is 1. The van der Waals surface area contributed by atoms with Crippen molar-refractivity contribution in [1.29, 1.82) is 0 Å². The second-order valence-electron chi connectivity index (χ2n) is 7.91. The molecule has 6 heteroatoms. The molecular formula is C20H25NO5. The minimum absolute atomic E-state index is 0.0115. The Hall–Kier alpha value is -1.79. The van der Waals surface area contributed by atoms with Gasteiger partial charge >= 0.3 is 0 Å². The largest absolute Gasteiger partial charge is 0.486 e. The lowest BCUT2D eigenvalue weighted by Gasteiger charge is -2.53. The standard InChI is InChI=1S/C20H25NO5/c22-19(16-2-1-3-17-18(16)24-9-8-23-17)21-12-20(13-21)10-15(6-7-26-20)25-11-14-4-5-14/h1-3,14-15H,4-13H2/t15-/m1/s1. The molecule has 3 heterocycles. The number of rotatable bonds is 4. The van der Waals surface area contributed by atoms with Gasteiger partial charge in [-0.2, -0.15) is 0 Å². The van der Waals surface area contributed by atoms with E-state index < -0.39 is 0 Å². The van der Waals surface area contributed by atoms with E-state index in [1.54, 1.807) is 0 Å². The summed E-state index contributed by atoms with van der Waals surface area (Å²) in [5.74, 6) is 1.99. The van der Waals surface area contributed by atoms with Gasteiger partial charge in [0.2, 0.25) is 0 Å². The van der Waals surface area contributed by atoms with Crippen LogP contribution in [0.1, 0.15) is 36.0 Å². The Morgan fingerprint density at radius 1 is 1.15 bits per heavy atom. The van der Waals surface area contributed by atoms with Gasteiger partial charge < -0.3 is 23.8 Å². The number of para-hydroxylation sites is 1. The summed E-state index contributed by atoms with van der Waals surface area (Å²) in [6.45, 7) is 3.85. The van der Waals surface area contributed by atoms with Crippen molar-refractivity contribution in [2.75, 3.05) is 39.5 Å². The zero-order valence-corrected chi connectivity index (χ0v) is 14.9. The van der Waals surface area contributed by atoms with E-state index in [-0.39, 0.29) is 17.6 Å². The van der Waals surface area contributed by atoms with Gasteiger partial charge in [0, 0.05) is 19.6 Å². The lowest BCUT2D eigenvalue weighted by Crippen LogP contribution is -2.67. The van der Waals surface area contributed by atoms with Crippen molar-refractivity contribution in [2.24, 2.45) is 5.92 Å². The average molecular weight is 359 g/mol. The normalized spacial score (nSPS) is 26.5. The number of likely N-dealkylation sites (tertiary alicyclic amines) is 1.